The molecular weight excluding hydrogens is 381 g/mol. The Morgan fingerprint density at radius 2 is 1.78 bits per heavy atom. The molecule has 0 aromatic carbocycles. The summed E-state index contributed by atoms with van der Waals surface area (Å²) in [6.45, 7) is 0. The molecule has 3 heterocycles. The Morgan fingerprint density at radius 3 is 2.30 bits per heavy atom. The molecule has 0 amide bonds. The van der Waals surface area contributed by atoms with Gasteiger partial charge in [-0.15, -0.1) is 11.3 Å². The van der Waals surface area contributed by atoms with Gasteiger partial charge in [-0.25, -0.2) is 4.79 Å². The van der Waals surface area contributed by atoms with E-state index in [-0.39, 0.29) is 58.4 Å². The van der Waals surface area contributed by atoms with Crippen molar-refractivity contribution in [2.24, 2.45) is 0 Å². The number of thiophene rings is 1. The van der Waals surface area contributed by atoms with Gasteiger partial charge in [0.1, 0.15) is 5.69 Å². The van der Waals surface area contributed by atoms with Crippen LogP contribution in [0.2, 0.25) is 0 Å². The molecule has 0 radical (unpaired) electrons. The maximum atomic E-state index is 12.9. The number of aromatic nitrogens is 3. The summed E-state index contributed by atoms with van der Waals surface area (Å²) in [6.07, 6.45) is 1.38. The second-order valence-electron chi connectivity index (χ2n) is 4.97. The zero-order chi connectivity index (χ0) is 18.7. The molecule has 3 aromatic heterocycles. The SMILES string of the molecule is COc1cc(OC)nc(C(=O)c2nccc(-c3cccs3)c2C(=O)O)n1.[NaH]. The van der Waals surface area contributed by atoms with E-state index in [1.807, 2.05) is 5.38 Å². The van der Waals surface area contributed by atoms with Crippen LogP contribution in [0.5, 0.6) is 11.8 Å². The van der Waals surface area contributed by atoms with Gasteiger partial charge in [0, 0.05) is 16.6 Å². The summed E-state index contributed by atoms with van der Waals surface area (Å²) in [5.74, 6) is -2.03. The molecule has 3 aromatic rings. The number of hydrogen-bond donors (Lipinski definition) is 1. The number of carbonyl (C=O) groups excluding carboxylic acids is 1. The van der Waals surface area contributed by atoms with Gasteiger partial charge in [-0.2, -0.15) is 9.97 Å². The number of ketones is 1. The normalized spacial score (nSPS) is 10.0. The number of methoxy groups -OCH3 is 2. The van der Waals surface area contributed by atoms with Crippen molar-refractivity contribution in [3.05, 3.63) is 52.9 Å². The van der Waals surface area contributed by atoms with Gasteiger partial charge in [-0.1, -0.05) is 6.07 Å². The number of hydrogen-bond acceptors (Lipinski definition) is 8. The van der Waals surface area contributed by atoms with Gasteiger partial charge < -0.3 is 14.6 Å². The molecule has 8 nitrogen and oxygen atoms in total. The molecule has 3 rings (SSSR count). The second-order valence-corrected chi connectivity index (χ2v) is 5.92. The Bertz CT molecular complexity index is 956. The fraction of sp³-hybridized carbons (Fsp3) is 0.118. The predicted molar refractivity (Wildman–Crippen MR) is 100 cm³/mol. The summed E-state index contributed by atoms with van der Waals surface area (Å²) >= 11 is 1.36. The standard InChI is InChI=1S/C17H13N3O5S.Na.H/c1-24-11-8-12(25-2)20-16(19-11)15(21)14-13(17(22)23)9(5-6-18-14)10-4-3-7-26-10;;/h3-8H,1-2H3,(H,22,23);;. The van der Waals surface area contributed by atoms with Crippen molar-refractivity contribution in [1.82, 2.24) is 15.0 Å². The number of aromatic carboxylic acids is 1. The van der Waals surface area contributed by atoms with Gasteiger partial charge in [0.2, 0.25) is 23.4 Å². The molecule has 0 unspecified atom stereocenters. The molecular formula is C17H14N3NaO5S. The Morgan fingerprint density at radius 1 is 1.11 bits per heavy atom. The molecule has 0 bridgehead atoms. The molecule has 27 heavy (non-hydrogen) atoms. The molecule has 0 fully saturated rings. The minimum atomic E-state index is -1.26. The van der Waals surface area contributed by atoms with Crippen molar-refractivity contribution in [3.8, 4) is 22.2 Å². The van der Waals surface area contributed by atoms with Crippen molar-refractivity contribution in [1.29, 1.82) is 0 Å². The minimum absolute atomic E-state index is 0. The number of nitrogens with zero attached hydrogens (tertiary/aromatic N) is 3. The van der Waals surface area contributed by atoms with Crippen LogP contribution in [0.4, 0.5) is 0 Å². The van der Waals surface area contributed by atoms with Crippen LogP contribution in [0.1, 0.15) is 26.7 Å². The number of carbonyl (C=O) groups is 2. The van der Waals surface area contributed by atoms with Crippen LogP contribution in [0, 0.1) is 0 Å². The zero-order valence-corrected chi connectivity index (χ0v) is 14.6. The Hall–Kier alpha value is -2.33. The number of carboxylic acids is 1. The Labute approximate surface area is 180 Å². The quantitative estimate of drug-likeness (QED) is 0.498. The number of pyridine rings is 1. The van der Waals surface area contributed by atoms with Crippen molar-refractivity contribution >= 4 is 52.6 Å². The van der Waals surface area contributed by atoms with E-state index in [0.717, 1.165) is 0 Å². The summed E-state index contributed by atoms with van der Waals surface area (Å²) in [5.41, 5.74) is -0.0512. The van der Waals surface area contributed by atoms with Crippen LogP contribution in [0.15, 0.2) is 35.8 Å². The van der Waals surface area contributed by atoms with Crippen molar-refractivity contribution < 1.29 is 24.2 Å². The van der Waals surface area contributed by atoms with E-state index in [1.54, 1.807) is 18.2 Å². The van der Waals surface area contributed by atoms with E-state index >= 15 is 0 Å². The van der Waals surface area contributed by atoms with Gasteiger partial charge in [0.15, 0.2) is 0 Å². The predicted octanol–water partition coefficient (Wildman–Crippen LogP) is 1.90. The van der Waals surface area contributed by atoms with Crippen LogP contribution < -0.4 is 9.47 Å². The molecule has 0 aliphatic rings. The molecule has 10 heteroatoms. The average Bonchev–Trinajstić information content (AvgIpc) is 3.20. The Balaban J connectivity index is 0.00000261. The molecule has 0 atom stereocenters. The third-order valence-electron chi connectivity index (χ3n) is 3.47. The fourth-order valence-corrected chi connectivity index (χ4v) is 3.07. The van der Waals surface area contributed by atoms with Crippen molar-refractivity contribution in [2.45, 2.75) is 0 Å². The topological polar surface area (TPSA) is 112 Å². The molecule has 0 saturated heterocycles. The Kier molecular flexibility index (Phi) is 7.03. The summed E-state index contributed by atoms with van der Waals surface area (Å²) in [5, 5.41) is 11.5. The third kappa shape index (κ3) is 4.33. The molecule has 0 spiro atoms. The van der Waals surface area contributed by atoms with E-state index in [1.165, 1.54) is 37.8 Å². The van der Waals surface area contributed by atoms with Crippen LogP contribution >= 0.6 is 11.3 Å². The summed E-state index contributed by atoms with van der Waals surface area (Å²) in [7, 11) is 2.77. The van der Waals surface area contributed by atoms with Gasteiger partial charge >= 0.3 is 35.5 Å². The molecule has 0 aliphatic carbocycles. The molecule has 134 valence electrons. The second kappa shape index (κ2) is 9.05. The van der Waals surface area contributed by atoms with Gasteiger partial charge in [-0.05, 0) is 17.5 Å². The molecule has 0 saturated carbocycles. The van der Waals surface area contributed by atoms with Gasteiger partial charge in [0.25, 0.3) is 0 Å². The molecule has 0 aliphatic heterocycles. The number of rotatable bonds is 6. The zero-order valence-electron chi connectivity index (χ0n) is 13.8. The van der Waals surface area contributed by atoms with Crippen LogP contribution in [0.3, 0.4) is 0 Å². The third-order valence-corrected chi connectivity index (χ3v) is 4.37. The monoisotopic (exact) mass is 395 g/mol. The van der Waals surface area contributed by atoms with Crippen LogP contribution in [-0.2, 0) is 0 Å². The van der Waals surface area contributed by atoms with Crippen molar-refractivity contribution in [2.75, 3.05) is 14.2 Å². The first-order chi connectivity index (χ1) is 12.5. The average molecular weight is 395 g/mol. The van der Waals surface area contributed by atoms with E-state index in [0.29, 0.717) is 10.4 Å². The van der Waals surface area contributed by atoms with Gasteiger partial charge in [-0.3, -0.25) is 9.78 Å². The first-order valence-electron chi connectivity index (χ1n) is 7.33. The van der Waals surface area contributed by atoms with E-state index in [2.05, 4.69) is 15.0 Å². The maximum absolute atomic E-state index is 12.9. The van der Waals surface area contributed by atoms with Crippen molar-refractivity contribution in [3.63, 3.8) is 0 Å². The summed E-state index contributed by atoms with van der Waals surface area (Å²) in [4.78, 5) is 37.3. The van der Waals surface area contributed by atoms with Gasteiger partial charge in [0.05, 0.1) is 25.8 Å². The summed E-state index contributed by atoms with van der Waals surface area (Å²) < 4.78 is 10.1. The summed E-state index contributed by atoms with van der Waals surface area (Å²) in [6, 6.07) is 6.53. The number of carboxylic acid groups (broad SMARTS) is 1. The molecule has 1 N–H and O–H groups in total. The number of ether oxygens (including phenoxy) is 2. The van der Waals surface area contributed by atoms with Crippen LogP contribution in [-0.4, -0.2) is 75.6 Å². The fourth-order valence-electron chi connectivity index (χ4n) is 2.31. The van der Waals surface area contributed by atoms with E-state index in [4.69, 9.17) is 9.47 Å². The van der Waals surface area contributed by atoms with E-state index < -0.39 is 11.8 Å². The van der Waals surface area contributed by atoms with E-state index in [9.17, 15) is 14.7 Å². The first kappa shape index (κ1) is 21.0. The first-order valence-corrected chi connectivity index (χ1v) is 8.21. The van der Waals surface area contributed by atoms with Crippen LogP contribution in [0.25, 0.3) is 10.4 Å².